The van der Waals surface area contributed by atoms with E-state index in [2.05, 4.69) is 4.98 Å². The van der Waals surface area contributed by atoms with Gasteiger partial charge in [0.2, 0.25) is 0 Å². The molecule has 0 unspecified atom stereocenters. The van der Waals surface area contributed by atoms with Crippen LogP contribution in [0, 0.1) is 6.92 Å². The van der Waals surface area contributed by atoms with Crippen LogP contribution in [0.2, 0.25) is 0 Å². The maximum atomic E-state index is 12.5. The van der Waals surface area contributed by atoms with E-state index in [1.54, 1.807) is 6.92 Å². The average Bonchev–Trinajstić information content (AvgIpc) is 2.01. The number of pyridine rings is 1. The second kappa shape index (κ2) is 3.36. The van der Waals surface area contributed by atoms with Gasteiger partial charge < -0.3 is 0 Å². The number of rotatable bonds is 1. The zero-order valence-corrected chi connectivity index (χ0v) is 7.44. The Labute approximate surface area is 74.6 Å². The van der Waals surface area contributed by atoms with Gasteiger partial charge in [-0.1, -0.05) is 6.92 Å². The number of alkyl halides is 3. The van der Waals surface area contributed by atoms with Gasteiger partial charge in [-0.25, -0.2) is 0 Å². The predicted octanol–water partition coefficient (Wildman–Crippen LogP) is 2.97. The van der Waals surface area contributed by atoms with Crippen LogP contribution in [0.5, 0.6) is 0 Å². The first-order valence-electron chi connectivity index (χ1n) is 3.98. The predicted molar refractivity (Wildman–Crippen MR) is 43.4 cm³/mol. The Morgan fingerprint density at radius 2 is 2.00 bits per heavy atom. The van der Waals surface area contributed by atoms with Crippen LogP contribution in [-0.2, 0) is 12.6 Å². The van der Waals surface area contributed by atoms with E-state index in [1.807, 2.05) is 0 Å². The van der Waals surface area contributed by atoms with Crippen LogP contribution < -0.4 is 0 Å². The van der Waals surface area contributed by atoms with Crippen molar-refractivity contribution >= 4 is 0 Å². The fourth-order valence-electron chi connectivity index (χ4n) is 1.27. The minimum Gasteiger partial charge on any atom is -0.261 e. The minimum absolute atomic E-state index is 0.118. The monoisotopic (exact) mass is 189 g/mol. The van der Waals surface area contributed by atoms with Crippen molar-refractivity contribution in [3.63, 3.8) is 0 Å². The molecule has 0 bridgehead atoms. The van der Waals surface area contributed by atoms with Crippen molar-refractivity contribution in [2.75, 3.05) is 0 Å². The summed E-state index contributed by atoms with van der Waals surface area (Å²) in [5.74, 6) is 0. The number of nitrogens with zero attached hydrogens (tertiary/aromatic N) is 1. The van der Waals surface area contributed by atoms with Gasteiger partial charge >= 0.3 is 6.18 Å². The molecule has 0 aromatic carbocycles. The van der Waals surface area contributed by atoms with Gasteiger partial charge in [0.1, 0.15) is 0 Å². The Morgan fingerprint density at radius 3 is 2.38 bits per heavy atom. The second-order valence-electron chi connectivity index (χ2n) is 2.80. The summed E-state index contributed by atoms with van der Waals surface area (Å²) in [5, 5.41) is 0. The lowest BCUT2D eigenvalue weighted by Crippen LogP contribution is -2.12. The maximum Gasteiger partial charge on any atom is 0.418 e. The average molecular weight is 189 g/mol. The van der Waals surface area contributed by atoms with E-state index >= 15 is 0 Å². The number of aromatic nitrogens is 1. The van der Waals surface area contributed by atoms with Gasteiger partial charge in [-0.05, 0) is 25.0 Å². The summed E-state index contributed by atoms with van der Waals surface area (Å²) < 4.78 is 37.4. The quantitative estimate of drug-likeness (QED) is 0.661. The summed E-state index contributed by atoms with van der Waals surface area (Å²) >= 11 is 0. The van der Waals surface area contributed by atoms with Crippen molar-refractivity contribution in [3.8, 4) is 0 Å². The van der Waals surface area contributed by atoms with Gasteiger partial charge in [0.15, 0.2) is 0 Å². The molecule has 0 amide bonds. The topological polar surface area (TPSA) is 12.9 Å². The lowest BCUT2D eigenvalue weighted by molar-refractivity contribution is -0.138. The van der Waals surface area contributed by atoms with Crippen molar-refractivity contribution in [1.82, 2.24) is 4.98 Å². The fourth-order valence-corrected chi connectivity index (χ4v) is 1.27. The lowest BCUT2D eigenvalue weighted by Gasteiger charge is -2.12. The first-order chi connectivity index (χ1) is 5.96. The van der Waals surface area contributed by atoms with Crippen LogP contribution in [0.15, 0.2) is 12.3 Å². The van der Waals surface area contributed by atoms with Crippen LogP contribution in [0.3, 0.4) is 0 Å². The smallest absolute Gasteiger partial charge is 0.261 e. The molecule has 1 nitrogen and oxygen atoms in total. The molecule has 72 valence electrons. The zero-order chi connectivity index (χ0) is 10.1. The van der Waals surface area contributed by atoms with Crippen LogP contribution in [0.25, 0.3) is 0 Å². The summed E-state index contributed by atoms with van der Waals surface area (Å²) in [6.45, 7) is 3.11. The molecule has 1 heterocycles. The van der Waals surface area contributed by atoms with E-state index in [-0.39, 0.29) is 11.3 Å². The molecule has 0 aliphatic heterocycles. The molecule has 0 aliphatic carbocycles. The van der Waals surface area contributed by atoms with Crippen LogP contribution >= 0.6 is 0 Å². The SMILES string of the molecule is CCc1nccc(C)c1C(F)(F)F. The molecule has 0 saturated carbocycles. The largest absolute Gasteiger partial charge is 0.418 e. The van der Waals surface area contributed by atoms with Crippen LogP contribution in [0.4, 0.5) is 13.2 Å². The van der Waals surface area contributed by atoms with E-state index in [9.17, 15) is 13.2 Å². The molecular weight excluding hydrogens is 179 g/mol. The summed E-state index contributed by atoms with van der Waals surface area (Å²) in [7, 11) is 0. The number of hydrogen-bond donors (Lipinski definition) is 0. The van der Waals surface area contributed by atoms with E-state index in [4.69, 9.17) is 0 Å². The molecule has 0 fully saturated rings. The van der Waals surface area contributed by atoms with E-state index in [0.29, 0.717) is 6.42 Å². The van der Waals surface area contributed by atoms with Gasteiger partial charge in [-0.15, -0.1) is 0 Å². The third kappa shape index (κ3) is 1.99. The zero-order valence-electron chi connectivity index (χ0n) is 7.44. The molecule has 4 heteroatoms. The van der Waals surface area contributed by atoms with Crippen molar-refractivity contribution < 1.29 is 13.2 Å². The molecular formula is C9H10F3N. The van der Waals surface area contributed by atoms with Gasteiger partial charge in [-0.2, -0.15) is 13.2 Å². The normalized spacial score (nSPS) is 11.8. The van der Waals surface area contributed by atoms with E-state index in [1.165, 1.54) is 19.2 Å². The van der Waals surface area contributed by atoms with Gasteiger partial charge in [-0.3, -0.25) is 4.98 Å². The number of aryl methyl sites for hydroxylation is 2. The standard InChI is InChI=1S/C9H10F3N/c1-3-7-8(9(10,11)12)6(2)4-5-13-7/h4-5H,3H2,1-2H3. The van der Waals surface area contributed by atoms with Gasteiger partial charge in [0.05, 0.1) is 11.3 Å². The molecule has 0 saturated heterocycles. The van der Waals surface area contributed by atoms with Crippen LogP contribution in [0.1, 0.15) is 23.7 Å². The summed E-state index contributed by atoms with van der Waals surface area (Å²) in [6.07, 6.45) is -2.58. The second-order valence-corrected chi connectivity index (χ2v) is 2.80. The Morgan fingerprint density at radius 1 is 1.38 bits per heavy atom. The molecule has 1 rings (SSSR count). The van der Waals surface area contributed by atoms with Crippen molar-refractivity contribution in [3.05, 3.63) is 29.1 Å². The minimum atomic E-state index is -4.29. The maximum absolute atomic E-state index is 12.5. The lowest BCUT2D eigenvalue weighted by atomic mass is 10.1. The van der Waals surface area contributed by atoms with Crippen LogP contribution in [-0.4, -0.2) is 4.98 Å². The molecule has 0 radical (unpaired) electrons. The molecule has 1 aromatic rings. The van der Waals surface area contributed by atoms with Crippen molar-refractivity contribution in [2.24, 2.45) is 0 Å². The first kappa shape index (κ1) is 10.0. The molecule has 0 aliphatic rings. The summed E-state index contributed by atoms with van der Waals surface area (Å²) in [6, 6.07) is 1.38. The van der Waals surface area contributed by atoms with Gasteiger partial charge in [0, 0.05) is 6.20 Å². The summed E-state index contributed by atoms with van der Waals surface area (Å²) in [5.41, 5.74) is -0.232. The Kier molecular flexibility index (Phi) is 2.59. The molecule has 13 heavy (non-hydrogen) atoms. The van der Waals surface area contributed by atoms with E-state index in [0.717, 1.165) is 0 Å². The number of halogens is 3. The summed E-state index contributed by atoms with van der Waals surface area (Å²) in [4.78, 5) is 3.70. The third-order valence-electron chi connectivity index (χ3n) is 1.86. The molecule has 0 atom stereocenters. The van der Waals surface area contributed by atoms with Crippen molar-refractivity contribution in [1.29, 1.82) is 0 Å². The Bertz CT molecular complexity index is 304. The number of hydrogen-bond acceptors (Lipinski definition) is 1. The molecule has 1 aromatic heterocycles. The first-order valence-corrected chi connectivity index (χ1v) is 3.98. The third-order valence-corrected chi connectivity index (χ3v) is 1.86. The highest BCUT2D eigenvalue weighted by molar-refractivity contribution is 5.31. The fraction of sp³-hybridized carbons (Fsp3) is 0.444. The van der Waals surface area contributed by atoms with E-state index < -0.39 is 11.7 Å². The van der Waals surface area contributed by atoms with Gasteiger partial charge in [0.25, 0.3) is 0 Å². The molecule has 0 spiro atoms. The molecule has 0 N–H and O–H groups in total. The highest BCUT2D eigenvalue weighted by Crippen LogP contribution is 2.33. The highest BCUT2D eigenvalue weighted by atomic mass is 19.4. The van der Waals surface area contributed by atoms with Crippen molar-refractivity contribution in [2.45, 2.75) is 26.4 Å². The highest BCUT2D eigenvalue weighted by Gasteiger charge is 2.35. The Hall–Kier alpha value is -1.06. The Balaban J connectivity index is 3.32.